The van der Waals surface area contributed by atoms with Crippen molar-refractivity contribution < 1.29 is 23.0 Å². The van der Waals surface area contributed by atoms with E-state index < -0.39 is 36.7 Å². The van der Waals surface area contributed by atoms with Crippen LogP contribution in [0.3, 0.4) is 0 Å². The normalized spacial score (nSPS) is 28.3. The van der Waals surface area contributed by atoms with Gasteiger partial charge in [-0.3, -0.25) is 4.57 Å². The number of aromatic nitrogens is 2. The molecule has 0 amide bonds. The van der Waals surface area contributed by atoms with E-state index in [0.29, 0.717) is 4.57 Å². The molecule has 1 saturated heterocycles. The number of halogens is 4. The first kappa shape index (κ1) is 16.2. The molecule has 0 aromatic carbocycles. The molecule has 2 heterocycles. The quantitative estimate of drug-likeness (QED) is 0.720. The molecule has 0 radical (unpaired) electrons. The van der Waals surface area contributed by atoms with Crippen LogP contribution < -0.4 is 11.4 Å². The third kappa shape index (κ3) is 2.79. The third-order valence-corrected chi connectivity index (χ3v) is 3.40. The molecule has 116 valence electrons. The average Bonchev–Trinajstić information content (AvgIpc) is 2.64. The van der Waals surface area contributed by atoms with Crippen LogP contribution in [-0.2, 0) is 4.74 Å². The number of nitrogens with zero attached hydrogens (tertiary/aromatic N) is 2. The summed E-state index contributed by atoms with van der Waals surface area (Å²) in [6.07, 6.45) is -4.12. The number of aliphatic hydroxyl groups is 1. The summed E-state index contributed by atoms with van der Waals surface area (Å²) in [4.78, 5) is 15.2. The lowest BCUT2D eigenvalue weighted by atomic mass is 10.1. The van der Waals surface area contributed by atoms with Crippen molar-refractivity contribution in [3.63, 3.8) is 0 Å². The second-order valence-electron chi connectivity index (χ2n) is 4.34. The van der Waals surface area contributed by atoms with Crippen molar-refractivity contribution >= 4 is 34.5 Å². The highest BCUT2D eigenvalue weighted by Crippen LogP contribution is 2.42. The van der Waals surface area contributed by atoms with Crippen molar-refractivity contribution in [2.45, 2.75) is 24.4 Å². The van der Waals surface area contributed by atoms with Crippen LogP contribution in [0.2, 0.25) is 0 Å². The van der Waals surface area contributed by atoms with Gasteiger partial charge in [-0.05, 0) is 10.2 Å². The van der Waals surface area contributed by atoms with Gasteiger partial charge in [0.15, 0.2) is 6.23 Å². The SMILES string of the molecule is Nc1nc(=O)n(C2OC(CO)C(F)(F)C2F)cc1/C=C\I. The number of hydrogen-bond acceptors (Lipinski definition) is 5. The highest BCUT2D eigenvalue weighted by molar-refractivity contribution is 14.1. The number of alkyl halides is 3. The van der Waals surface area contributed by atoms with E-state index in [1.807, 2.05) is 22.6 Å². The van der Waals surface area contributed by atoms with Crippen molar-refractivity contribution in [2.75, 3.05) is 12.3 Å². The zero-order chi connectivity index (χ0) is 15.8. The first-order valence-corrected chi connectivity index (χ1v) is 7.01. The minimum absolute atomic E-state index is 0.108. The van der Waals surface area contributed by atoms with Crippen LogP contribution in [0.4, 0.5) is 19.0 Å². The summed E-state index contributed by atoms with van der Waals surface area (Å²) >= 11 is 1.89. The highest BCUT2D eigenvalue weighted by Gasteiger charge is 2.60. The highest BCUT2D eigenvalue weighted by atomic mass is 127. The van der Waals surface area contributed by atoms with Crippen molar-refractivity contribution in [2.24, 2.45) is 0 Å². The van der Waals surface area contributed by atoms with E-state index in [-0.39, 0.29) is 11.4 Å². The Morgan fingerprint density at radius 3 is 2.81 bits per heavy atom. The topological polar surface area (TPSA) is 90.4 Å². The second kappa shape index (κ2) is 5.93. The minimum Gasteiger partial charge on any atom is -0.393 e. The Bertz CT molecular complexity index is 622. The van der Waals surface area contributed by atoms with E-state index in [1.165, 1.54) is 6.08 Å². The molecule has 6 nitrogen and oxygen atoms in total. The molecule has 0 spiro atoms. The summed E-state index contributed by atoms with van der Waals surface area (Å²) in [5.74, 6) is -4.01. The van der Waals surface area contributed by atoms with Crippen LogP contribution in [0.1, 0.15) is 11.8 Å². The Hall–Kier alpha value is -1.14. The van der Waals surface area contributed by atoms with Gasteiger partial charge < -0.3 is 15.6 Å². The minimum atomic E-state index is -3.90. The van der Waals surface area contributed by atoms with Gasteiger partial charge in [-0.1, -0.05) is 22.6 Å². The van der Waals surface area contributed by atoms with E-state index in [4.69, 9.17) is 15.6 Å². The van der Waals surface area contributed by atoms with Gasteiger partial charge in [0.25, 0.3) is 0 Å². The first-order chi connectivity index (χ1) is 9.82. The molecule has 1 aliphatic heterocycles. The molecule has 2 rings (SSSR count). The summed E-state index contributed by atoms with van der Waals surface area (Å²) in [7, 11) is 0. The summed E-state index contributed by atoms with van der Waals surface area (Å²) in [5.41, 5.74) is 4.76. The van der Waals surface area contributed by atoms with Gasteiger partial charge in [-0.25, -0.2) is 18.0 Å². The van der Waals surface area contributed by atoms with Crippen LogP contribution >= 0.6 is 22.6 Å². The Morgan fingerprint density at radius 1 is 1.62 bits per heavy atom. The molecular formula is C11H11F3IN3O3. The van der Waals surface area contributed by atoms with Crippen LogP contribution in [-0.4, -0.2) is 39.5 Å². The summed E-state index contributed by atoms with van der Waals surface area (Å²) in [6.45, 7) is -1.07. The van der Waals surface area contributed by atoms with Crippen LogP contribution in [0.25, 0.3) is 6.08 Å². The third-order valence-electron chi connectivity index (χ3n) is 3.04. The Kier molecular flexibility index (Phi) is 4.58. The zero-order valence-corrected chi connectivity index (χ0v) is 12.6. The van der Waals surface area contributed by atoms with Crippen molar-refractivity contribution in [1.82, 2.24) is 9.55 Å². The number of hydrogen-bond donors (Lipinski definition) is 2. The van der Waals surface area contributed by atoms with Crippen LogP contribution in [0.15, 0.2) is 15.1 Å². The van der Waals surface area contributed by atoms with E-state index in [9.17, 15) is 18.0 Å². The summed E-state index contributed by atoms with van der Waals surface area (Å²) < 4.78 is 47.9. The van der Waals surface area contributed by atoms with Gasteiger partial charge in [0.1, 0.15) is 11.9 Å². The number of ether oxygens (including phenoxy) is 1. The maximum atomic E-state index is 13.9. The largest absolute Gasteiger partial charge is 0.393 e. The van der Waals surface area contributed by atoms with Crippen molar-refractivity contribution in [1.29, 1.82) is 0 Å². The molecule has 1 aliphatic rings. The fourth-order valence-corrected chi connectivity index (χ4v) is 2.33. The molecule has 3 atom stereocenters. The van der Waals surface area contributed by atoms with Crippen molar-refractivity contribution in [3.8, 4) is 0 Å². The number of anilines is 1. The van der Waals surface area contributed by atoms with E-state index in [1.54, 1.807) is 4.08 Å². The average molecular weight is 417 g/mol. The molecule has 3 unspecified atom stereocenters. The van der Waals surface area contributed by atoms with Crippen LogP contribution in [0, 0.1) is 0 Å². The summed E-state index contributed by atoms with van der Waals surface area (Å²) in [6, 6.07) is 0. The molecule has 0 bridgehead atoms. The lowest BCUT2D eigenvalue weighted by molar-refractivity contribution is -0.111. The molecule has 0 aliphatic carbocycles. The zero-order valence-electron chi connectivity index (χ0n) is 10.4. The second-order valence-corrected chi connectivity index (χ2v) is 5.06. The molecule has 0 saturated carbocycles. The van der Waals surface area contributed by atoms with E-state index in [0.717, 1.165) is 6.20 Å². The maximum Gasteiger partial charge on any atom is 0.351 e. The Labute approximate surface area is 130 Å². The molecule has 1 aromatic heterocycles. The van der Waals surface area contributed by atoms with Gasteiger partial charge in [-0.2, -0.15) is 4.98 Å². The van der Waals surface area contributed by atoms with E-state index in [2.05, 4.69) is 4.98 Å². The van der Waals surface area contributed by atoms with Gasteiger partial charge >= 0.3 is 11.6 Å². The standard InChI is InChI=1S/C11H11F3IN3O3/c12-7-9(21-6(4-19)11(7,13)14)18-3-5(1-2-15)8(16)17-10(18)20/h1-3,6-7,9,19H,4H2,(H2,16,17,20)/b2-1-. The fraction of sp³-hybridized carbons (Fsp3) is 0.455. The lowest BCUT2D eigenvalue weighted by Gasteiger charge is -2.17. The number of rotatable bonds is 3. The number of nitrogens with two attached hydrogens (primary N) is 1. The predicted octanol–water partition coefficient (Wildman–Crippen LogP) is 1.09. The molecule has 3 N–H and O–H groups in total. The Morgan fingerprint density at radius 2 is 2.29 bits per heavy atom. The van der Waals surface area contributed by atoms with Gasteiger partial charge in [0.2, 0.25) is 6.17 Å². The molecule has 1 fully saturated rings. The number of nitrogen functional groups attached to an aromatic ring is 1. The fourth-order valence-electron chi connectivity index (χ4n) is 1.94. The van der Waals surface area contributed by atoms with Gasteiger partial charge in [0.05, 0.1) is 6.61 Å². The van der Waals surface area contributed by atoms with E-state index >= 15 is 0 Å². The molecule has 1 aromatic rings. The van der Waals surface area contributed by atoms with Crippen molar-refractivity contribution in [3.05, 3.63) is 26.3 Å². The smallest absolute Gasteiger partial charge is 0.351 e. The van der Waals surface area contributed by atoms with Gasteiger partial charge in [-0.15, -0.1) is 0 Å². The Balaban J connectivity index is 2.48. The first-order valence-electron chi connectivity index (χ1n) is 5.76. The van der Waals surface area contributed by atoms with Gasteiger partial charge in [0, 0.05) is 11.8 Å². The van der Waals surface area contributed by atoms with Crippen LogP contribution in [0.5, 0.6) is 0 Å². The lowest BCUT2D eigenvalue weighted by Crippen LogP contribution is -2.39. The number of aliphatic hydroxyl groups excluding tert-OH is 1. The maximum absolute atomic E-state index is 13.9. The predicted molar refractivity (Wildman–Crippen MR) is 76.8 cm³/mol. The molecule has 10 heteroatoms. The monoisotopic (exact) mass is 417 g/mol. The molecule has 21 heavy (non-hydrogen) atoms. The summed E-state index contributed by atoms with van der Waals surface area (Å²) in [5, 5.41) is 8.83. The molecular weight excluding hydrogens is 406 g/mol.